The van der Waals surface area contributed by atoms with Gasteiger partial charge < -0.3 is 5.11 Å². The SMILES string of the molecule is C[C@]12CC[C@H](F)C[C@H]1CC[C@@H]1[C@@H]2CC[C@]2(C)[C@@H](O)CC[C@@H]12. The highest BCUT2D eigenvalue weighted by Gasteiger charge is 2.60. The maximum Gasteiger partial charge on any atom is 0.100 e. The van der Waals surface area contributed by atoms with Crippen LogP contribution in [0.1, 0.15) is 71.6 Å². The highest BCUT2D eigenvalue weighted by Crippen LogP contribution is 2.66. The van der Waals surface area contributed by atoms with E-state index in [1.807, 2.05) is 0 Å². The van der Waals surface area contributed by atoms with Gasteiger partial charge in [-0.05, 0) is 92.3 Å². The van der Waals surface area contributed by atoms with Crippen LogP contribution in [0.2, 0.25) is 0 Å². The van der Waals surface area contributed by atoms with Gasteiger partial charge in [0.15, 0.2) is 0 Å². The molecule has 21 heavy (non-hydrogen) atoms. The topological polar surface area (TPSA) is 20.2 Å². The molecule has 4 aliphatic rings. The Balaban J connectivity index is 1.62. The molecule has 1 nitrogen and oxygen atoms in total. The lowest BCUT2D eigenvalue weighted by Gasteiger charge is -2.60. The minimum absolute atomic E-state index is 0.0736. The summed E-state index contributed by atoms with van der Waals surface area (Å²) in [6, 6.07) is 0. The van der Waals surface area contributed by atoms with Crippen LogP contribution in [0.15, 0.2) is 0 Å². The molecular weight excluding hydrogens is 263 g/mol. The second-order valence-electron chi connectivity index (χ2n) is 9.17. The average molecular weight is 294 g/mol. The smallest absolute Gasteiger partial charge is 0.100 e. The fourth-order valence-corrected chi connectivity index (χ4v) is 7.18. The van der Waals surface area contributed by atoms with Crippen LogP contribution in [0, 0.1) is 34.5 Å². The molecular formula is C19H31FO. The number of aliphatic hydroxyl groups excluding tert-OH is 1. The zero-order chi connectivity index (χ0) is 14.8. The largest absolute Gasteiger partial charge is 0.393 e. The number of halogens is 1. The van der Waals surface area contributed by atoms with Gasteiger partial charge in [0, 0.05) is 0 Å². The minimum Gasteiger partial charge on any atom is -0.393 e. The number of hydrogen-bond donors (Lipinski definition) is 1. The molecule has 120 valence electrons. The summed E-state index contributed by atoms with van der Waals surface area (Å²) in [6.07, 6.45) is 9.35. The normalized spacial score (nSPS) is 60.0. The molecule has 1 N–H and O–H groups in total. The van der Waals surface area contributed by atoms with Gasteiger partial charge in [-0.2, -0.15) is 0 Å². The predicted molar refractivity (Wildman–Crippen MR) is 82.6 cm³/mol. The van der Waals surface area contributed by atoms with E-state index in [0.29, 0.717) is 11.3 Å². The van der Waals surface area contributed by atoms with Crippen LogP contribution in [0.25, 0.3) is 0 Å². The number of alkyl halides is 1. The summed E-state index contributed by atoms with van der Waals surface area (Å²) in [5.74, 6) is 2.95. The van der Waals surface area contributed by atoms with Crippen LogP contribution < -0.4 is 0 Å². The van der Waals surface area contributed by atoms with E-state index < -0.39 is 6.17 Å². The third-order valence-corrected chi connectivity index (χ3v) is 8.55. The molecule has 2 heteroatoms. The van der Waals surface area contributed by atoms with Crippen LogP contribution in [0.4, 0.5) is 4.39 Å². The van der Waals surface area contributed by atoms with E-state index in [4.69, 9.17) is 0 Å². The average Bonchev–Trinajstić information content (AvgIpc) is 2.76. The first kappa shape index (κ1) is 14.5. The lowest BCUT2D eigenvalue weighted by Crippen LogP contribution is -2.54. The third kappa shape index (κ3) is 1.90. The zero-order valence-electron chi connectivity index (χ0n) is 13.7. The van der Waals surface area contributed by atoms with Crippen molar-refractivity contribution in [2.45, 2.75) is 83.9 Å². The summed E-state index contributed by atoms with van der Waals surface area (Å²) in [5.41, 5.74) is 0.571. The first-order valence-electron chi connectivity index (χ1n) is 9.27. The summed E-state index contributed by atoms with van der Waals surface area (Å²) in [4.78, 5) is 0. The van der Waals surface area contributed by atoms with Gasteiger partial charge >= 0.3 is 0 Å². The fourth-order valence-electron chi connectivity index (χ4n) is 7.18. The Labute approximate surface area is 128 Å². The molecule has 4 aliphatic carbocycles. The summed E-state index contributed by atoms with van der Waals surface area (Å²) < 4.78 is 13.8. The summed E-state index contributed by atoms with van der Waals surface area (Å²) in [5, 5.41) is 10.5. The molecule has 0 amide bonds. The molecule has 4 saturated carbocycles. The van der Waals surface area contributed by atoms with Gasteiger partial charge in [-0.1, -0.05) is 13.8 Å². The quantitative estimate of drug-likeness (QED) is 0.685. The van der Waals surface area contributed by atoms with Crippen LogP contribution in [-0.4, -0.2) is 17.4 Å². The van der Waals surface area contributed by atoms with Gasteiger partial charge in [-0.3, -0.25) is 0 Å². The predicted octanol–water partition coefficient (Wildman–Crippen LogP) is 4.73. The Bertz CT molecular complexity index is 424. The van der Waals surface area contributed by atoms with Gasteiger partial charge in [0.1, 0.15) is 6.17 Å². The molecule has 8 atom stereocenters. The molecule has 0 saturated heterocycles. The maximum absolute atomic E-state index is 13.8. The highest BCUT2D eigenvalue weighted by atomic mass is 19.1. The molecule has 0 aromatic heterocycles. The number of rotatable bonds is 0. The second-order valence-corrected chi connectivity index (χ2v) is 9.17. The molecule has 0 unspecified atom stereocenters. The molecule has 0 spiro atoms. The zero-order valence-corrected chi connectivity index (χ0v) is 13.7. The summed E-state index contributed by atoms with van der Waals surface area (Å²) in [7, 11) is 0. The number of hydrogen-bond acceptors (Lipinski definition) is 1. The van der Waals surface area contributed by atoms with Crippen molar-refractivity contribution in [3.8, 4) is 0 Å². The van der Waals surface area contributed by atoms with Gasteiger partial charge in [-0.15, -0.1) is 0 Å². The lowest BCUT2D eigenvalue weighted by molar-refractivity contribution is -0.128. The van der Waals surface area contributed by atoms with Gasteiger partial charge in [0.25, 0.3) is 0 Å². The van der Waals surface area contributed by atoms with Crippen molar-refractivity contribution in [2.75, 3.05) is 0 Å². The molecule has 0 aliphatic heterocycles. The van der Waals surface area contributed by atoms with Crippen molar-refractivity contribution >= 4 is 0 Å². The van der Waals surface area contributed by atoms with Crippen LogP contribution in [0.3, 0.4) is 0 Å². The fraction of sp³-hybridized carbons (Fsp3) is 1.00. The van der Waals surface area contributed by atoms with E-state index in [1.54, 1.807) is 0 Å². The van der Waals surface area contributed by atoms with Crippen molar-refractivity contribution in [2.24, 2.45) is 34.5 Å². The lowest BCUT2D eigenvalue weighted by atomic mass is 9.45. The minimum atomic E-state index is -0.540. The first-order valence-corrected chi connectivity index (χ1v) is 9.27. The third-order valence-electron chi connectivity index (χ3n) is 8.55. The van der Waals surface area contributed by atoms with Crippen molar-refractivity contribution in [1.82, 2.24) is 0 Å². The standard InChI is InChI=1S/C19H31FO/c1-18-9-7-13(20)11-12(18)3-4-14-15-5-6-17(21)19(15,2)10-8-16(14)18/h12-17,21H,3-11H2,1-2H3/t12-,13+,14+,15+,16+,17+,18+,19+/m1/s1. The Morgan fingerprint density at radius 2 is 1.57 bits per heavy atom. The van der Waals surface area contributed by atoms with Crippen molar-refractivity contribution in [1.29, 1.82) is 0 Å². The van der Waals surface area contributed by atoms with E-state index in [9.17, 15) is 9.50 Å². The van der Waals surface area contributed by atoms with Gasteiger partial charge in [0.05, 0.1) is 6.10 Å². The summed E-state index contributed by atoms with van der Waals surface area (Å²) in [6.45, 7) is 4.83. The van der Waals surface area contributed by atoms with Crippen molar-refractivity contribution in [3.63, 3.8) is 0 Å². The second kappa shape index (κ2) is 4.69. The molecule has 0 aromatic rings. The Kier molecular flexibility index (Phi) is 3.24. The first-order chi connectivity index (χ1) is 9.95. The van der Waals surface area contributed by atoms with E-state index in [1.165, 1.54) is 32.1 Å². The number of aliphatic hydroxyl groups is 1. The van der Waals surface area contributed by atoms with E-state index in [0.717, 1.165) is 43.4 Å². The van der Waals surface area contributed by atoms with Crippen LogP contribution in [0.5, 0.6) is 0 Å². The van der Waals surface area contributed by atoms with Crippen molar-refractivity contribution in [3.05, 3.63) is 0 Å². The molecule has 0 bridgehead atoms. The van der Waals surface area contributed by atoms with E-state index in [2.05, 4.69) is 13.8 Å². The monoisotopic (exact) mass is 294 g/mol. The highest BCUT2D eigenvalue weighted by molar-refractivity contribution is 5.09. The van der Waals surface area contributed by atoms with E-state index in [-0.39, 0.29) is 11.5 Å². The van der Waals surface area contributed by atoms with E-state index >= 15 is 0 Å². The Hall–Kier alpha value is -0.110. The van der Waals surface area contributed by atoms with Gasteiger partial charge in [-0.25, -0.2) is 4.39 Å². The van der Waals surface area contributed by atoms with Crippen LogP contribution >= 0.6 is 0 Å². The molecule has 4 rings (SSSR count). The molecule has 0 heterocycles. The molecule has 0 aromatic carbocycles. The van der Waals surface area contributed by atoms with Crippen LogP contribution in [-0.2, 0) is 0 Å². The Morgan fingerprint density at radius 1 is 0.857 bits per heavy atom. The van der Waals surface area contributed by atoms with Gasteiger partial charge in [0.2, 0.25) is 0 Å². The molecule has 0 radical (unpaired) electrons. The maximum atomic E-state index is 13.8. The summed E-state index contributed by atoms with van der Waals surface area (Å²) >= 11 is 0. The molecule has 4 fully saturated rings. The number of fused-ring (bicyclic) bond motifs is 5. The van der Waals surface area contributed by atoms with Crippen molar-refractivity contribution < 1.29 is 9.50 Å². The Morgan fingerprint density at radius 3 is 2.38 bits per heavy atom.